The molecule has 0 saturated heterocycles. The number of fused-ring (bicyclic) bond motifs is 4. The van der Waals surface area contributed by atoms with Crippen LogP contribution in [-0.2, 0) is 27.0 Å². The van der Waals surface area contributed by atoms with Crippen molar-refractivity contribution in [2.24, 2.45) is 0 Å². The van der Waals surface area contributed by atoms with Crippen LogP contribution in [0.1, 0.15) is 107 Å². The first-order valence-electron chi connectivity index (χ1n) is 21.8. The Kier molecular flexibility index (Phi) is 13.8. The second-order valence-electron chi connectivity index (χ2n) is 17.6. The summed E-state index contributed by atoms with van der Waals surface area (Å²) in [5.74, 6) is 6.77. The van der Waals surface area contributed by atoms with Gasteiger partial charge in [-0.1, -0.05) is 111 Å². The summed E-state index contributed by atoms with van der Waals surface area (Å²) in [6, 6.07) is 33.4. The van der Waals surface area contributed by atoms with E-state index in [9.17, 15) is 34.8 Å². The predicted octanol–water partition coefficient (Wildman–Crippen LogP) is 13.5. The molecule has 0 saturated carbocycles. The summed E-state index contributed by atoms with van der Waals surface area (Å²) in [7, 11) is -8.49. The summed E-state index contributed by atoms with van der Waals surface area (Å²) in [4.78, 5) is 30.6. The molecule has 3 aliphatic rings. The molecule has 0 unspecified atom stereocenters. The van der Waals surface area contributed by atoms with Crippen LogP contribution in [-0.4, -0.2) is 42.2 Å². The maximum atomic E-state index is 13.5. The molecule has 3 heterocycles. The quantitative estimate of drug-likeness (QED) is 0.0451. The van der Waals surface area contributed by atoms with E-state index in [1.54, 1.807) is 0 Å². The monoisotopic (exact) mass is 902 g/mol. The second kappa shape index (κ2) is 18.4. The number of carbonyl (C=O) groups is 2. The number of para-hydroxylation sites is 3. The summed E-state index contributed by atoms with van der Waals surface area (Å²) >= 11 is 0. The molecule has 0 aromatic heterocycles. The summed E-state index contributed by atoms with van der Waals surface area (Å²) in [5, 5.41) is 3.12. The van der Waals surface area contributed by atoms with Gasteiger partial charge in [-0.15, -0.1) is 0 Å². The number of benzene rings is 4. The zero-order valence-corrected chi connectivity index (χ0v) is 38.0. The molecule has 6 nitrogen and oxygen atoms in total. The van der Waals surface area contributed by atoms with Gasteiger partial charge in [-0.2, -0.15) is 4.58 Å². The number of unbranched alkanes of at least 4 members (excludes halogenated alkanes) is 4. The van der Waals surface area contributed by atoms with E-state index in [-0.39, 0.29) is 22.6 Å². The van der Waals surface area contributed by atoms with E-state index in [0.717, 1.165) is 67.4 Å². The van der Waals surface area contributed by atoms with Crippen LogP contribution in [0.2, 0.25) is 0 Å². The van der Waals surface area contributed by atoms with Gasteiger partial charge < -0.3 is 15.1 Å². The standard InChI is InChI=1S/C51H56N4O2.F6P/c1-50(2)41-24-13-16-27-44(41)53(5)46(50)29-20-30-47-51(3,4)42-25-14-17-28-45(42)54(47)36-19-7-8-31-48(56)52-35-18-6-9-32-49(57)55-37-40-23-11-10-21-38(40)33-34-39-22-12-15-26-43(39)55;1-7(2,3,4,5)6/h10-17,20-30H,6-9,18-19,31-32,35-37H2,1-5H3;/q;-1/p+1. The van der Waals surface area contributed by atoms with Crippen molar-refractivity contribution in [2.75, 3.05) is 29.9 Å². The summed E-state index contributed by atoms with van der Waals surface area (Å²) in [5.41, 5.74) is 11.5. The van der Waals surface area contributed by atoms with E-state index in [1.165, 1.54) is 33.9 Å². The van der Waals surface area contributed by atoms with Gasteiger partial charge in [0.05, 0.1) is 17.6 Å². The predicted molar refractivity (Wildman–Crippen MR) is 248 cm³/mol. The Morgan fingerprint density at radius 2 is 1.28 bits per heavy atom. The van der Waals surface area contributed by atoms with Gasteiger partial charge in [-0.25, -0.2) is 0 Å². The van der Waals surface area contributed by atoms with Crippen LogP contribution in [0.15, 0.2) is 121 Å². The van der Waals surface area contributed by atoms with E-state index in [2.05, 4.69) is 134 Å². The number of anilines is 2. The third-order valence-corrected chi connectivity index (χ3v) is 12.1. The molecule has 0 bridgehead atoms. The number of rotatable bonds is 14. The fourth-order valence-electron chi connectivity index (χ4n) is 8.88. The van der Waals surface area contributed by atoms with Gasteiger partial charge in [0.15, 0.2) is 5.71 Å². The Hall–Kier alpha value is -5.66. The van der Waals surface area contributed by atoms with Crippen LogP contribution in [0.4, 0.5) is 42.2 Å². The van der Waals surface area contributed by atoms with Crippen molar-refractivity contribution in [3.05, 3.63) is 149 Å². The fourth-order valence-corrected chi connectivity index (χ4v) is 8.88. The van der Waals surface area contributed by atoms with Gasteiger partial charge in [0.2, 0.25) is 17.5 Å². The number of amides is 2. The zero-order chi connectivity index (χ0) is 46.4. The molecule has 4 aromatic rings. The Morgan fingerprint density at radius 3 is 2.00 bits per heavy atom. The van der Waals surface area contributed by atoms with Crippen LogP contribution in [0.5, 0.6) is 0 Å². The van der Waals surface area contributed by atoms with Crippen molar-refractivity contribution in [3.8, 4) is 11.8 Å². The molecular weight excluding hydrogens is 846 g/mol. The minimum absolute atomic E-state index is 0.0635. The first-order valence-corrected chi connectivity index (χ1v) is 23.8. The molecule has 0 aliphatic carbocycles. The summed E-state index contributed by atoms with van der Waals surface area (Å²) in [6.45, 7) is 11.3. The van der Waals surface area contributed by atoms with Gasteiger partial charge in [0.25, 0.3) is 0 Å². The molecule has 1 N–H and O–H groups in total. The SMILES string of the molecule is C[N+]1=C(/C=C/C=C2/N(CCCCCC(=O)NCCCCCC(=O)N3Cc4ccccc4C#Cc4ccccc43)c3ccccc3C2(C)C)C(C)(C)c2ccccc21.F[P-](F)(F)(F)(F)F. The molecule has 0 fully saturated rings. The topological polar surface area (TPSA) is 55.7 Å². The average molecular weight is 903 g/mol. The van der Waals surface area contributed by atoms with Gasteiger partial charge in [-0.3, -0.25) is 9.59 Å². The second-order valence-corrected chi connectivity index (χ2v) is 19.5. The first kappa shape index (κ1) is 47.8. The fraction of sp³-hybridized carbons (Fsp3) is 0.353. The van der Waals surface area contributed by atoms with Crippen LogP contribution in [0.25, 0.3) is 0 Å². The third kappa shape index (κ3) is 12.3. The van der Waals surface area contributed by atoms with Gasteiger partial charge in [0, 0.05) is 71.6 Å². The van der Waals surface area contributed by atoms with Gasteiger partial charge in [-0.05, 0) is 81.0 Å². The molecule has 7 rings (SSSR count). The molecule has 0 spiro atoms. The first-order chi connectivity index (χ1) is 30.0. The molecule has 13 heteroatoms. The Labute approximate surface area is 373 Å². The van der Waals surface area contributed by atoms with Crippen LogP contribution in [0, 0.1) is 11.8 Å². The van der Waals surface area contributed by atoms with E-state index in [4.69, 9.17) is 0 Å². The van der Waals surface area contributed by atoms with E-state index in [0.29, 0.717) is 25.9 Å². The third-order valence-electron chi connectivity index (χ3n) is 12.1. The Balaban J connectivity index is 0.000000898. The van der Waals surface area contributed by atoms with E-state index >= 15 is 0 Å². The number of carbonyl (C=O) groups excluding carboxylic acids is 2. The van der Waals surface area contributed by atoms with Crippen molar-refractivity contribution < 1.29 is 39.3 Å². The van der Waals surface area contributed by atoms with E-state index in [1.807, 2.05) is 47.4 Å². The van der Waals surface area contributed by atoms with Crippen LogP contribution in [0.3, 0.4) is 0 Å². The summed E-state index contributed by atoms with van der Waals surface area (Å²) < 4.78 is 61.5. The van der Waals surface area contributed by atoms with Crippen LogP contribution < -0.4 is 15.1 Å². The average Bonchev–Trinajstić information content (AvgIpc) is 3.56. The Morgan fingerprint density at radius 1 is 0.703 bits per heavy atom. The van der Waals surface area contributed by atoms with Crippen molar-refractivity contribution in [2.45, 2.75) is 96.4 Å². The molecule has 2 amide bonds. The molecule has 64 heavy (non-hydrogen) atoms. The van der Waals surface area contributed by atoms with Crippen molar-refractivity contribution in [1.29, 1.82) is 0 Å². The summed E-state index contributed by atoms with van der Waals surface area (Å²) in [6.07, 6.45) is 13.2. The molecule has 340 valence electrons. The number of hydrogen-bond acceptors (Lipinski definition) is 3. The number of halogens is 6. The van der Waals surface area contributed by atoms with Gasteiger partial charge >= 0.3 is 33.0 Å². The number of hydrogen-bond donors (Lipinski definition) is 1. The van der Waals surface area contributed by atoms with Crippen molar-refractivity contribution in [1.82, 2.24) is 5.32 Å². The van der Waals surface area contributed by atoms with Gasteiger partial charge in [0.1, 0.15) is 7.05 Å². The zero-order valence-electron chi connectivity index (χ0n) is 37.1. The molecule has 0 radical (unpaired) electrons. The molecular formula is C51H57F6N4O2P. The normalized spacial score (nSPS) is 17.4. The number of nitrogens with zero attached hydrogens (tertiary/aromatic N) is 3. The van der Waals surface area contributed by atoms with Crippen molar-refractivity contribution >= 4 is 42.4 Å². The molecule has 3 aliphatic heterocycles. The van der Waals surface area contributed by atoms with Crippen molar-refractivity contribution in [3.63, 3.8) is 0 Å². The minimum atomic E-state index is -10.7. The molecule has 0 atom stereocenters. The van der Waals surface area contributed by atoms with E-state index < -0.39 is 7.81 Å². The van der Waals surface area contributed by atoms with Crippen LogP contribution >= 0.6 is 7.81 Å². The Bertz CT molecular complexity index is 2540. The number of allylic oxidation sites excluding steroid dienone is 4. The number of nitrogens with one attached hydrogen (secondary N) is 1. The maximum absolute atomic E-state index is 13.5. The molecule has 4 aromatic carbocycles.